The van der Waals surface area contributed by atoms with Crippen LogP contribution in [-0.2, 0) is 119 Å². The number of carbonyl (C=O) groups is 12. The molecule has 5 aliphatic rings. The highest BCUT2D eigenvalue weighted by Gasteiger charge is 2.50. The van der Waals surface area contributed by atoms with E-state index >= 15 is 33.2 Å². The summed E-state index contributed by atoms with van der Waals surface area (Å²) >= 11 is 0. The number of hydrogen-bond acceptors (Lipinski definition) is 16. The predicted octanol–water partition coefficient (Wildman–Crippen LogP) is 1.98. The van der Waals surface area contributed by atoms with Crippen LogP contribution in [0.3, 0.4) is 0 Å². The first-order valence-corrected chi connectivity index (χ1v) is 39.3. The summed E-state index contributed by atoms with van der Waals surface area (Å²) < 4.78 is 36.5. The molecule has 31 heteroatoms. The lowest BCUT2D eigenvalue weighted by Gasteiger charge is -2.37. The molecule has 11 N–H and O–H groups in total. The summed E-state index contributed by atoms with van der Waals surface area (Å²) in [6.07, 6.45) is 2.16. The number of methoxy groups -OCH3 is 1. The van der Waals surface area contributed by atoms with Gasteiger partial charge in [-0.05, 0) is 154 Å². The fourth-order valence-electron chi connectivity index (χ4n) is 15.2. The van der Waals surface area contributed by atoms with E-state index in [9.17, 15) is 33.9 Å². The molecule has 2 fully saturated rings. The smallest absolute Gasteiger partial charge is 0.246 e. The largest absolute Gasteiger partial charge is 0.497 e. The molecule has 610 valence electrons. The lowest BCUT2D eigenvalue weighted by molar-refractivity contribution is -0.870. The molecule has 4 aromatic carbocycles. The zero-order chi connectivity index (χ0) is 81.1. The molecule has 0 saturated carbocycles. The molecule has 6 heterocycles. The Hall–Kier alpha value is -10.4. The highest BCUT2D eigenvalue weighted by atomic mass is 19.1. The van der Waals surface area contributed by atoms with Gasteiger partial charge in [0.05, 0.1) is 53.6 Å². The van der Waals surface area contributed by atoms with Gasteiger partial charge < -0.3 is 91.3 Å². The Labute approximate surface area is 657 Å². The number of unbranched alkanes of at least 4 members (excludes halogenated alkanes) is 2. The lowest BCUT2D eigenvalue weighted by atomic mass is 9.95. The van der Waals surface area contributed by atoms with Crippen molar-refractivity contribution in [2.24, 2.45) is 0 Å². The molecule has 0 spiro atoms. The third-order valence-electron chi connectivity index (χ3n) is 21.6. The van der Waals surface area contributed by atoms with Gasteiger partial charge in [-0.3, -0.25) is 57.5 Å². The number of nitrogens with zero attached hydrogens (tertiary/aromatic N) is 4. The number of rotatable bonds is 12. The minimum atomic E-state index is -1.86. The number of hydrogen-bond donors (Lipinski definition) is 11. The Morgan fingerprint density at radius 1 is 0.673 bits per heavy atom. The minimum absolute atomic E-state index is 0.0380. The van der Waals surface area contributed by atoms with Crippen molar-refractivity contribution >= 4 is 81.8 Å². The number of quaternary nitrogens is 1. The summed E-state index contributed by atoms with van der Waals surface area (Å²) in [5.74, 6) is -9.29. The van der Waals surface area contributed by atoms with Crippen molar-refractivity contribution in [3.05, 3.63) is 136 Å². The Kier molecular flexibility index (Phi) is 29.7. The van der Waals surface area contributed by atoms with E-state index in [1.165, 1.54) is 38.0 Å². The van der Waals surface area contributed by atoms with Crippen LogP contribution in [0.4, 0.5) is 4.39 Å². The van der Waals surface area contributed by atoms with Crippen LogP contribution < -0.4 is 57.9 Å². The number of carbonyl (C=O) groups excluding carboxylic acids is 12. The van der Waals surface area contributed by atoms with Crippen LogP contribution in [0.1, 0.15) is 137 Å². The van der Waals surface area contributed by atoms with E-state index in [-0.39, 0.29) is 90.7 Å². The Balaban J connectivity index is 1.08. The lowest BCUT2D eigenvalue weighted by Crippen LogP contribution is -2.64. The van der Waals surface area contributed by atoms with Gasteiger partial charge in [0.1, 0.15) is 66.0 Å². The topological polar surface area (TPSA) is 384 Å². The van der Waals surface area contributed by atoms with Gasteiger partial charge in [0.15, 0.2) is 0 Å². The van der Waals surface area contributed by atoms with E-state index in [4.69, 9.17) is 14.2 Å². The molecular weight excluding hydrogens is 1460 g/mol. The maximum Gasteiger partial charge on any atom is 0.246 e. The molecule has 113 heavy (non-hydrogen) atoms. The molecule has 1 aromatic heterocycles. The monoisotopic (exact) mass is 1570 g/mol. The van der Waals surface area contributed by atoms with Gasteiger partial charge in [-0.2, -0.15) is 0 Å². The van der Waals surface area contributed by atoms with Crippen molar-refractivity contribution in [2.45, 2.75) is 210 Å². The van der Waals surface area contributed by atoms with E-state index in [1.54, 1.807) is 67.7 Å². The third-order valence-corrected chi connectivity index (χ3v) is 21.6. The molecule has 5 aromatic rings. The number of amides is 12. The van der Waals surface area contributed by atoms with Gasteiger partial charge in [-0.25, -0.2) is 4.39 Å². The van der Waals surface area contributed by atoms with Crippen LogP contribution in [0, 0.1) is 5.82 Å². The molecule has 30 nitrogen and oxygen atoms in total. The summed E-state index contributed by atoms with van der Waals surface area (Å²) in [6, 6.07) is 12.0. The third kappa shape index (κ3) is 23.4. The normalized spacial score (nSPS) is 24.8. The molecule has 2 saturated heterocycles. The summed E-state index contributed by atoms with van der Waals surface area (Å²) in [4.78, 5) is 180. The quantitative estimate of drug-likeness (QED) is 0.0628. The van der Waals surface area contributed by atoms with Crippen LogP contribution in [0.25, 0.3) is 10.9 Å². The number of aliphatic hydroxyl groups excluding tert-OH is 1. The highest BCUT2D eigenvalue weighted by Crippen LogP contribution is 2.32. The zero-order valence-corrected chi connectivity index (χ0v) is 65.7. The number of aromatic nitrogens is 1. The maximum atomic E-state index is 16.2. The first kappa shape index (κ1) is 85.1. The van der Waals surface area contributed by atoms with Crippen molar-refractivity contribution in [3.63, 3.8) is 0 Å². The summed E-state index contributed by atoms with van der Waals surface area (Å²) in [5, 5.41) is 40.0. The van der Waals surface area contributed by atoms with Crippen molar-refractivity contribution in [3.8, 4) is 5.75 Å². The molecule has 0 unspecified atom stereocenters. The Morgan fingerprint density at radius 3 is 2.19 bits per heavy atom. The number of ether oxygens (including phenoxy) is 3. The number of fused-ring (bicyclic) bond motifs is 13. The first-order chi connectivity index (χ1) is 54.0. The average Bonchev–Trinajstić information content (AvgIpc) is 1.65. The maximum absolute atomic E-state index is 16.2. The van der Waals surface area contributed by atoms with Gasteiger partial charge in [0.2, 0.25) is 70.9 Å². The van der Waals surface area contributed by atoms with Gasteiger partial charge >= 0.3 is 0 Å². The van der Waals surface area contributed by atoms with Crippen molar-refractivity contribution in [2.75, 3.05) is 74.2 Å². The summed E-state index contributed by atoms with van der Waals surface area (Å²) in [6.45, 7) is 4.75. The van der Waals surface area contributed by atoms with E-state index in [0.29, 0.717) is 96.1 Å². The number of benzene rings is 4. The van der Waals surface area contributed by atoms with Crippen LogP contribution in [-0.4, -0.2) is 229 Å². The first-order valence-electron chi connectivity index (χ1n) is 39.3. The molecule has 10 rings (SSSR count). The average molecular weight is 1570 g/mol. The predicted molar refractivity (Wildman–Crippen MR) is 415 cm³/mol. The molecule has 11 bridgehead atoms. The van der Waals surface area contributed by atoms with Gasteiger partial charge in [0.25, 0.3) is 0 Å². The minimum Gasteiger partial charge on any atom is -0.497 e. The molecule has 0 aliphatic carbocycles. The van der Waals surface area contributed by atoms with Crippen molar-refractivity contribution in [1.82, 2.24) is 67.5 Å². The summed E-state index contributed by atoms with van der Waals surface area (Å²) in [7, 11) is 7.68. The number of nitrogens with one attached hydrogen (secondary N) is 10. The van der Waals surface area contributed by atoms with E-state index in [2.05, 4.69) is 74.3 Å². The second-order valence-electron chi connectivity index (χ2n) is 31.4. The molecule has 0 radical (unpaired) electrons. The van der Waals surface area contributed by atoms with Crippen LogP contribution in [0.5, 0.6) is 5.75 Å². The van der Waals surface area contributed by atoms with Gasteiger partial charge in [-0.1, -0.05) is 54.6 Å². The summed E-state index contributed by atoms with van der Waals surface area (Å²) in [5.41, 5.74) is 3.31. The van der Waals surface area contributed by atoms with E-state index in [0.717, 1.165) is 39.9 Å². The molecular formula is C82H110FN14O16+. The fraction of sp³-hybridized carbons (Fsp3) is 0.537. The van der Waals surface area contributed by atoms with Gasteiger partial charge in [-0.15, -0.1) is 0 Å². The fourth-order valence-corrected chi connectivity index (χ4v) is 15.2. The number of aliphatic hydroxyl groups is 1. The van der Waals surface area contributed by atoms with Crippen molar-refractivity contribution < 1.29 is 85.7 Å². The highest BCUT2D eigenvalue weighted by molar-refractivity contribution is 6.00. The van der Waals surface area contributed by atoms with Crippen LogP contribution >= 0.6 is 0 Å². The van der Waals surface area contributed by atoms with Crippen LogP contribution in [0.15, 0.2) is 91.1 Å². The molecule has 10 atom stereocenters. The standard InChI is InChI=1S/C82H109FN14O16/c1-50-74(103)92-65(46-87-68(99)18-10-8-12-36-97(4,5)6)76(105)89-62-41-54-16-14-17-55(38-54)44-85-71(102)49-113-67-30-35-95-73(67)78(107)93-72(51(2)98)77(106)91-63(40-52-20-24-60(111-7)25-21-52)80(109)96-34-15-31-82(96,3)81(110)84-32-29-53-19-22-56(45-86-69(100)27-28-70(101)88-50)58(39-53)48-112-37-13-9-11-33-94-47-57(42-64(79(95)108)90-75(62)104)61-43-59(83)23-26-66(61)94/h14,16-17,19-26,38-39,43,47,50-51,62-65,67,72-73,98H,8-13,15,18,27-37,40-42,44-46,48-49H2,1-7H3,(H9-,84,85,86,87,88,89,90,91,92,93,99,100,101,102,103,104,105,106,107,110)/p+1/t50-,51+,62-,63-,64-,65+,67-,72-,73-,82-/m0/s1. The number of halogens is 1. The van der Waals surface area contributed by atoms with Gasteiger partial charge in [0, 0.05) is 108 Å². The SMILES string of the molecule is COc1ccc(C[C@@H]2NC(=O)[C@H]([C@@H](C)O)NC(=O)[C@@H]3[C@@H]4CCN3C(=O)[C@@H]3Cc5cn(c6ccc(F)cc56)CCCCCOCc5cc(ccc5CNC(=O)CCC(=O)N[C@@H](C)C(=O)N[C@H](CNC(=O)CCCCC[N+](C)(C)C)C(=O)N[C@@H](Cc5cccc(c5)CNC(=O)CO4)C(=O)N3)CCNC(=O)[C@]3(C)CCCN3C2=O)cc1. The second-order valence-corrected chi connectivity index (χ2v) is 31.4. The van der Waals surface area contributed by atoms with Crippen LogP contribution in [0.2, 0.25) is 0 Å². The molecule has 12 amide bonds. The van der Waals surface area contributed by atoms with E-state index < -0.39 is 150 Å². The zero-order valence-electron chi connectivity index (χ0n) is 65.7. The molecule has 5 aliphatic heterocycles. The number of aryl methyl sites for hydroxylation is 1. The Bertz CT molecular complexity index is 4280. The van der Waals surface area contributed by atoms with E-state index in [1.807, 2.05) is 22.8 Å². The Morgan fingerprint density at radius 2 is 1.42 bits per heavy atom. The van der Waals surface area contributed by atoms with Crippen molar-refractivity contribution in [1.29, 1.82) is 0 Å². The second kappa shape index (κ2) is 39.4.